The van der Waals surface area contributed by atoms with E-state index in [0.717, 1.165) is 6.07 Å². The summed E-state index contributed by atoms with van der Waals surface area (Å²) in [5.74, 6) is 0. The average Bonchev–Trinajstić information content (AvgIpc) is 2.46. The van der Waals surface area contributed by atoms with E-state index >= 15 is 0 Å². The van der Waals surface area contributed by atoms with Crippen LogP contribution < -0.4 is 0 Å². The van der Waals surface area contributed by atoms with Crippen molar-refractivity contribution in [3.05, 3.63) is 26.8 Å². The fourth-order valence-corrected chi connectivity index (χ4v) is 2.77. The number of hydrogen-bond acceptors (Lipinski definition) is 1. The molecule has 1 aromatic heterocycles. The Kier molecular flexibility index (Phi) is 2.54. The number of benzene rings is 1. The van der Waals surface area contributed by atoms with Crippen molar-refractivity contribution in [3.63, 3.8) is 0 Å². The number of nitrogens with one attached hydrogen (secondary N) is 1. The summed E-state index contributed by atoms with van der Waals surface area (Å²) in [6.07, 6.45) is -4.37. The minimum Gasteiger partial charge on any atom is -0.270 e. The second kappa shape index (κ2) is 3.48. The lowest BCUT2D eigenvalue weighted by molar-refractivity contribution is -0.138. The molecule has 2 rings (SSSR count). The topological polar surface area (TPSA) is 28.7 Å². The van der Waals surface area contributed by atoms with Gasteiger partial charge in [0.1, 0.15) is 4.60 Å². The van der Waals surface area contributed by atoms with Gasteiger partial charge in [0, 0.05) is 9.86 Å². The number of hydrogen-bond donors (Lipinski definition) is 1. The van der Waals surface area contributed by atoms with Crippen LogP contribution in [-0.4, -0.2) is 10.2 Å². The Labute approximate surface area is 99.1 Å². The molecule has 0 fully saturated rings. The molecular weight excluding hydrogens is 341 g/mol. The lowest BCUT2D eigenvalue weighted by Gasteiger charge is -2.09. The molecule has 0 radical (unpaired) electrons. The maximum absolute atomic E-state index is 12.5. The van der Waals surface area contributed by atoms with Crippen LogP contribution in [-0.2, 0) is 6.18 Å². The number of halogens is 5. The highest BCUT2D eigenvalue weighted by molar-refractivity contribution is 9.11. The number of aromatic nitrogens is 2. The third-order valence-corrected chi connectivity index (χ3v) is 3.32. The number of fused-ring (bicyclic) bond motifs is 1. The third kappa shape index (κ3) is 1.78. The zero-order valence-electron chi connectivity index (χ0n) is 6.99. The van der Waals surface area contributed by atoms with E-state index < -0.39 is 11.7 Å². The van der Waals surface area contributed by atoms with Gasteiger partial charge in [-0.2, -0.15) is 18.3 Å². The number of rotatable bonds is 0. The molecule has 0 aliphatic heterocycles. The standard InChI is InChI=1S/C8H3Br2F3N2/c9-6-3(8(11,12)13)1-2-4-5(6)7(10)15-14-4/h1-2H,(H,14,15). The van der Waals surface area contributed by atoms with Crippen LogP contribution in [0.4, 0.5) is 13.2 Å². The Morgan fingerprint density at radius 3 is 2.47 bits per heavy atom. The first-order valence-electron chi connectivity index (χ1n) is 3.80. The molecule has 1 N–H and O–H groups in total. The number of aromatic amines is 1. The second-order valence-electron chi connectivity index (χ2n) is 2.86. The Hall–Kier alpha value is -0.560. The van der Waals surface area contributed by atoms with Gasteiger partial charge in [0.25, 0.3) is 0 Å². The van der Waals surface area contributed by atoms with Crippen molar-refractivity contribution in [2.75, 3.05) is 0 Å². The van der Waals surface area contributed by atoms with Gasteiger partial charge in [-0.15, -0.1) is 0 Å². The molecule has 2 nitrogen and oxygen atoms in total. The molecule has 0 aliphatic carbocycles. The van der Waals surface area contributed by atoms with Gasteiger partial charge < -0.3 is 0 Å². The minimum atomic E-state index is -4.37. The van der Waals surface area contributed by atoms with Crippen LogP contribution in [0.5, 0.6) is 0 Å². The summed E-state index contributed by atoms with van der Waals surface area (Å²) in [6, 6.07) is 2.32. The molecule has 0 saturated carbocycles. The monoisotopic (exact) mass is 342 g/mol. The normalized spacial score (nSPS) is 12.3. The Morgan fingerprint density at radius 2 is 1.87 bits per heavy atom. The molecule has 7 heteroatoms. The van der Waals surface area contributed by atoms with Crippen LogP contribution in [0.15, 0.2) is 21.2 Å². The van der Waals surface area contributed by atoms with Gasteiger partial charge in [0.2, 0.25) is 0 Å². The molecule has 1 heterocycles. The first-order chi connectivity index (χ1) is 6.91. The number of H-pyrrole nitrogens is 1. The molecule has 1 aromatic carbocycles. The SMILES string of the molecule is FC(F)(F)c1ccc2n[nH]c(Br)c2c1Br. The summed E-state index contributed by atoms with van der Waals surface area (Å²) in [6.45, 7) is 0. The van der Waals surface area contributed by atoms with Gasteiger partial charge in [-0.3, -0.25) is 5.10 Å². The van der Waals surface area contributed by atoms with Crippen LogP contribution in [0.25, 0.3) is 10.9 Å². The van der Waals surface area contributed by atoms with Crippen molar-refractivity contribution in [2.45, 2.75) is 6.18 Å². The number of nitrogens with zero attached hydrogens (tertiary/aromatic N) is 1. The Morgan fingerprint density at radius 1 is 1.20 bits per heavy atom. The first-order valence-corrected chi connectivity index (χ1v) is 5.39. The van der Waals surface area contributed by atoms with E-state index in [1.165, 1.54) is 6.07 Å². The molecule has 80 valence electrons. The highest BCUT2D eigenvalue weighted by Crippen LogP contribution is 2.40. The van der Waals surface area contributed by atoms with Crippen molar-refractivity contribution in [1.82, 2.24) is 10.2 Å². The maximum Gasteiger partial charge on any atom is 0.417 e. The lowest BCUT2D eigenvalue weighted by atomic mass is 10.1. The zero-order valence-corrected chi connectivity index (χ0v) is 10.2. The smallest absolute Gasteiger partial charge is 0.270 e. The number of alkyl halides is 3. The van der Waals surface area contributed by atoms with Crippen LogP contribution in [0.2, 0.25) is 0 Å². The van der Waals surface area contributed by atoms with E-state index in [0.29, 0.717) is 15.5 Å². The third-order valence-electron chi connectivity index (χ3n) is 1.92. The van der Waals surface area contributed by atoms with Gasteiger partial charge in [0.15, 0.2) is 0 Å². The molecule has 0 unspecified atom stereocenters. The molecule has 0 saturated heterocycles. The highest BCUT2D eigenvalue weighted by atomic mass is 79.9. The quantitative estimate of drug-likeness (QED) is 0.766. The van der Waals surface area contributed by atoms with Gasteiger partial charge >= 0.3 is 6.18 Å². The fraction of sp³-hybridized carbons (Fsp3) is 0.125. The van der Waals surface area contributed by atoms with E-state index in [1.807, 2.05) is 0 Å². The van der Waals surface area contributed by atoms with Crippen molar-refractivity contribution < 1.29 is 13.2 Å². The largest absolute Gasteiger partial charge is 0.417 e. The van der Waals surface area contributed by atoms with Gasteiger partial charge in [-0.25, -0.2) is 0 Å². The maximum atomic E-state index is 12.5. The van der Waals surface area contributed by atoms with Crippen LogP contribution in [0.1, 0.15) is 5.56 Å². The summed E-state index contributed by atoms with van der Waals surface area (Å²) < 4.78 is 38.0. The molecular formula is C8H3Br2F3N2. The lowest BCUT2D eigenvalue weighted by Crippen LogP contribution is -2.05. The Bertz CT molecular complexity index is 518. The van der Waals surface area contributed by atoms with E-state index in [9.17, 15) is 13.2 Å². The van der Waals surface area contributed by atoms with Gasteiger partial charge in [-0.1, -0.05) is 0 Å². The molecule has 0 atom stereocenters. The highest BCUT2D eigenvalue weighted by Gasteiger charge is 2.34. The zero-order chi connectivity index (χ0) is 11.2. The summed E-state index contributed by atoms with van der Waals surface area (Å²) in [5.41, 5.74) is -0.237. The Balaban J connectivity index is 2.80. The van der Waals surface area contributed by atoms with E-state index in [4.69, 9.17) is 0 Å². The molecule has 0 spiro atoms. The van der Waals surface area contributed by atoms with E-state index in [2.05, 4.69) is 42.1 Å². The van der Waals surface area contributed by atoms with Crippen molar-refractivity contribution in [2.24, 2.45) is 0 Å². The molecule has 2 aromatic rings. The van der Waals surface area contributed by atoms with E-state index in [-0.39, 0.29) is 4.47 Å². The van der Waals surface area contributed by atoms with Crippen LogP contribution in [0, 0.1) is 0 Å². The van der Waals surface area contributed by atoms with Crippen LogP contribution in [0.3, 0.4) is 0 Å². The van der Waals surface area contributed by atoms with Crippen molar-refractivity contribution in [3.8, 4) is 0 Å². The second-order valence-corrected chi connectivity index (χ2v) is 4.44. The first kappa shape index (κ1) is 10.9. The molecule has 0 amide bonds. The predicted molar refractivity (Wildman–Crippen MR) is 56.5 cm³/mol. The fourth-order valence-electron chi connectivity index (χ4n) is 1.25. The summed E-state index contributed by atoms with van der Waals surface area (Å²) in [5, 5.41) is 6.79. The van der Waals surface area contributed by atoms with E-state index in [1.54, 1.807) is 0 Å². The average molecular weight is 344 g/mol. The predicted octanol–water partition coefficient (Wildman–Crippen LogP) is 4.11. The summed E-state index contributed by atoms with van der Waals surface area (Å²) in [4.78, 5) is 0. The van der Waals surface area contributed by atoms with Crippen molar-refractivity contribution >= 4 is 42.8 Å². The van der Waals surface area contributed by atoms with Gasteiger partial charge in [-0.05, 0) is 44.0 Å². The molecule has 0 bridgehead atoms. The minimum absolute atomic E-state index is 0.00637. The molecule has 0 aliphatic rings. The van der Waals surface area contributed by atoms with Gasteiger partial charge in [0.05, 0.1) is 11.1 Å². The van der Waals surface area contributed by atoms with Crippen molar-refractivity contribution in [1.29, 1.82) is 0 Å². The van der Waals surface area contributed by atoms with Crippen LogP contribution >= 0.6 is 31.9 Å². The summed E-state index contributed by atoms with van der Waals surface area (Å²) >= 11 is 6.04. The summed E-state index contributed by atoms with van der Waals surface area (Å²) in [7, 11) is 0. The molecule has 15 heavy (non-hydrogen) atoms.